The number of nitrogens with zero attached hydrogens (tertiary/aromatic N) is 9. The highest BCUT2D eigenvalue weighted by atomic mass is 32.2. The fourth-order valence-corrected chi connectivity index (χ4v) is 8.54. The zero-order chi connectivity index (χ0) is 32.9. The number of aliphatic carboxylic acids is 1. The number of anilines is 2. The van der Waals surface area contributed by atoms with Gasteiger partial charge in [-0.1, -0.05) is 35.1 Å². The summed E-state index contributed by atoms with van der Waals surface area (Å²) in [5.74, 6) is -1.78. The molecule has 4 N–H and O–H groups in total. The molecule has 0 radical (unpaired) electrons. The molecule has 0 spiro atoms. The van der Waals surface area contributed by atoms with E-state index in [0.29, 0.717) is 28.8 Å². The van der Waals surface area contributed by atoms with Crippen LogP contribution in [0, 0.1) is 0 Å². The zero-order valence-electron chi connectivity index (χ0n) is 25.4. The number of nitrogens with one attached hydrogen (secondary N) is 1. The molecule has 3 aliphatic rings. The molecule has 1 unspecified atom stereocenters. The zero-order valence-corrected chi connectivity index (χ0v) is 27.8. The maximum atomic E-state index is 13.2. The van der Waals surface area contributed by atoms with Crippen molar-refractivity contribution in [3.63, 3.8) is 0 Å². The summed E-state index contributed by atoms with van der Waals surface area (Å²) in [4.78, 5) is 53.5. The first kappa shape index (κ1) is 32.7. The minimum absolute atomic E-state index is 0.0801. The SMILES string of the molecule is CON=C(C(=O)NC1C(=O)N2C(C(=O)O)=C(CSc3nnnn3CCCN3CCN(c4ccccc4)CC3)CS[C@@H]12)c1csc(N)n1. The van der Waals surface area contributed by atoms with Crippen LogP contribution in [0.15, 0.2) is 57.3 Å². The molecule has 2 saturated heterocycles. The lowest BCUT2D eigenvalue weighted by Gasteiger charge is -2.49. The highest BCUT2D eigenvalue weighted by Crippen LogP contribution is 2.41. The molecule has 248 valence electrons. The number of piperazine rings is 1. The lowest BCUT2D eigenvalue weighted by Crippen LogP contribution is -2.71. The number of aryl methyl sites for hydroxylation is 1. The lowest BCUT2D eigenvalue weighted by molar-refractivity contribution is -0.150. The molecule has 2 amide bonds. The van der Waals surface area contributed by atoms with E-state index in [1.807, 2.05) is 6.07 Å². The van der Waals surface area contributed by atoms with E-state index < -0.39 is 29.2 Å². The van der Waals surface area contributed by atoms with Gasteiger partial charge in [-0.15, -0.1) is 28.2 Å². The fourth-order valence-electron chi connectivity index (χ4n) is 5.60. The molecular weight excluding hydrogens is 667 g/mol. The normalized spacial score (nSPS) is 20.2. The summed E-state index contributed by atoms with van der Waals surface area (Å²) in [5.41, 5.74) is 7.51. The molecule has 2 aromatic heterocycles. The number of thiazole rings is 1. The third-order valence-electron chi connectivity index (χ3n) is 7.91. The molecule has 3 aromatic rings. The number of carbonyl (C=O) groups excluding carboxylic acids is 2. The molecule has 6 rings (SSSR count). The molecule has 19 heteroatoms. The molecule has 1 aromatic carbocycles. The molecule has 2 fully saturated rings. The molecular formula is C28H33N11O5S3. The maximum Gasteiger partial charge on any atom is 0.352 e. The van der Waals surface area contributed by atoms with Crippen molar-refractivity contribution in [2.45, 2.75) is 29.5 Å². The number of carbonyl (C=O) groups is 3. The first-order chi connectivity index (χ1) is 22.8. The smallest absolute Gasteiger partial charge is 0.352 e. The summed E-state index contributed by atoms with van der Waals surface area (Å²) >= 11 is 3.84. The summed E-state index contributed by atoms with van der Waals surface area (Å²) in [5, 5.41) is 30.4. The summed E-state index contributed by atoms with van der Waals surface area (Å²) in [7, 11) is 1.29. The van der Waals surface area contributed by atoms with E-state index in [4.69, 9.17) is 10.6 Å². The van der Waals surface area contributed by atoms with Gasteiger partial charge >= 0.3 is 5.97 Å². The number of thioether (sulfide) groups is 2. The minimum atomic E-state index is -1.21. The molecule has 47 heavy (non-hydrogen) atoms. The Kier molecular flexibility index (Phi) is 10.2. The van der Waals surface area contributed by atoms with Crippen LogP contribution in [0.1, 0.15) is 12.1 Å². The average molecular weight is 700 g/mol. The Hall–Kier alpha value is -4.20. The second-order valence-corrected chi connectivity index (χ2v) is 13.7. The molecule has 5 heterocycles. The van der Waals surface area contributed by atoms with Crippen LogP contribution in [0.25, 0.3) is 0 Å². The van der Waals surface area contributed by atoms with E-state index in [2.05, 4.69) is 65.0 Å². The van der Waals surface area contributed by atoms with E-state index in [9.17, 15) is 19.5 Å². The summed E-state index contributed by atoms with van der Waals surface area (Å²) < 4.78 is 1.74. The van der Waals surface area contributed by atoms with Gasteiger partial charge in [0.25, 0.3) is 11.8 Å². The predicted molar refractivity (Wildman–Crippen MR) is 178 cm³/mol. The third kappa shape index (κ3) is 7.21. The van der Waals surface area contributed by atoms with Crippen LogP contribution in [0.3, 0.4) is 0 Å². The van der Waals surface area contributed by atoms with Gasteiger partial charge in [-0.25, -0.2) is 14.5 Å². The number of para-hydroxylation sites is 1. The van der Waals surface area contributed by atoms with Gasteiger partial charge in [-0.2, -0.15) is 0 Å². The Bertz CT molecular complexity index is 1670. The van der Waals surface area contributed by atoms with Crippen molar-refractivity contribution in [2.75, 3.05) is 62.0 Å². The summed E-state index contributed by atoms with van der Waals surface area (Å²) in [6.07, 6.45) is 0.868. The molecule has 3 aliphatic heterocycles. The van der Waals surface area contributed by atoms with Gasteiger partial charge in [-0.3, -0.25) is 19.4 Å². The van der Waals surface area contributed by atoms with Crippen LogP contribution in [-0.2, 0) is 25.8 Å². The van der Waals surface area contributed by atoms with Gasteiger partial charge in [0.15, 0.2) is 10.8 Å². The van der Waals surface area contributed by atoms with Crippen molar-refractivity contribution < 1.29 is 24.3 Å². The van der Waals surface area contributed by atoms with Gasteiger partial charge in [0, 0.05) is 61.8 Å². The second-order valence-electron chi connectivity index (χ2n) is 10.8. The van der Waals surface area contributed by atoms with E-state index in [1.54, 1.807) is 10.1 Å². The highest BCUT2D eigenvalue weighted by molar-refractivity contribution is 8.01. The number of β-lactam (4-membered cyclic amide) rings is 1. The average Bonchev–Trinajstić information content (AvgIpc) is 3.73. The Balaban J connectivity index is 1.02. The van der Waals surface area contributed by atoms with Crippen LogP contribution in [-0.4, -0.2) is 126 Å². The number of hydrogen-bond donors (Lipinski definition) is 3. The van der Waals surface area contributed by atoms with Crippen LogP contribution in [0.2, 0.25) is 0 Å². The monoisotopic (exact) mass is 699 g/mol. The number of fused-ring (bicyclic) bond motifs is 1. The van der Waals surface area contributed by atoms with Crippen LogP contribution in [0.4, 0.5) is 10.8 Å². The van der Waals surface area contributed by atoms with E-state index in [-0.39, 0.29) is 22.2 Å². The predicted octanol–water partition coefficient (Wildman–Crippen LogP) is 0.806. The van der Waals surface area contributed by atoms with E-state index in [1.165, 1.54) is 41.2 Å². The van der Waals surface area contributed by atoms with Crippen LogP contribution >= 0.6 is 34.9 Å². The number of rotatable bonds is 13. The molecule has 0 bridgehead atoms. The van der Waals surface area contributed by atoms with Gasteiger partial charge < -0.3 is 25.9 Å². The van der Waals surface area contributed by atoms with Gasteiger partial charge in [0.2, 0.25) is 5.16 Å². The van der Waals surface area contributed by atoms with Crippen molar-refractivity contribution in [1.29, 1.82) is 0 Å². The Morgan fingerprint density at radius 2 is 1.98 bits per heavy atom. The number of carboxylic acids is 1. The van der Waals surface area contributed by atoms with Gasteiger partial charge in [0.1, 0.15) is 29.9 Å². The quantitative estimate of drug-likeness (QED) is 0.0981. The number of nitrogens with two attached hydrogens (primary N) is 1. The van der Waals surface area contributed by atoms with Crippen molar-refractivity contribution in [2.24, 2.45) is 5.16 Å². The number of nitrogen functional groups attached to an aromatic ring is 1. The second kappa shape index (κ2) is 14.7. The topological polar surface area (TPSA) is 197 Å². The van der Waals surface area contributed by atoms with Gasteiger partial charge in [0.05, 0.1) is 0 Å². The van der Waals surface area contributed by atoms with Crippen molar-refractivity contribution in [3.05, 3.63) is 52.7 Å². The fraction of sp³-hybridized carbons (Fsp3) is 0.429. The van der Waals surface area contributed by atoms with Crippen molar-refractivity contribution >= 4 is 69.2 Å². The number of carboxylic acid groups (broad SMARTS) is 1. The first-order valence-electron chi connectivity index (χ1n) is 14.8. The highest BCUT2D eigenvalue weighted by Gasteiger charge is 2.54. The summed E-state index contributed by atoms with van der Waals surface area (Å²) in [6, 6.07) is 9.50. The standard InChI is InChI=1S/C28H33N11O5S3/c1-44-33-20(19-16-46-27(29)30-19)23(40)31-21-24(41)39-22(26(42)43)17(14-45-25(21)39)15-47-28-32-34-35-38(28)9-5-8-36-10-12-37(13-11-36)18-6-3-2-4-7-18/h2-4,6-7,16,21,25H,5,8-15H2,1H3,(H2,29,30)(H,31,40)(H,42,43)/t21?,25-/m0/s1. The van der Waals surface area contributed by atoms with E-state index >= 15 is 0 Å². The number of tetrazole rings is 1. The number of amides is 2. The number of oxime groups is 1. The molecule has 0 aliphatic carbocycles. The third-order valence-corrected chi connectivity index (χ3v) is 11.0. The van der Waals surface area contributed by atoms with Gasteiger partial charge in [-0.05, 0) is 34.6 Å². The maximum absolute atomic E-state index is 13.2. The minimum Gasteiger partial charge on any atom is -0.477 e. The summed E-state index contributed by atoms with van der Waals surface area (Å²) in [6.45, 7) is 5.48. The Labute approximate surface area is 282 Å². The lowest BCUT2D eigenvalue weighted by atomic mass is 10.0. The van der Waals surface area contributed by atoms with Crippen LogP contribution in [0.5, 0.6) is 0 Å². The largest absolute Gasteiger partial charge is 0.477 e. The molecule has 0 saturated carbocycles. The van der Waals surface area contributed by atoms with Crippen LogP contribution < -0.4 is 16.0 Å². The Morgan fingerprint density at radius 1 is 1.19 bits per heavy atom. The Morgan fingerprint density at radius 3 is 2.68 bits per heavy atom. The van der Waals surface area contributed by atoms with E-state index in [0.717, 1.165) is 50.5 Å². The van der Waals surface area contributed by atoms with Crippen molar-refractivity contribution in [3.8, 4) is 0 Å². The first-order valence-corrected chi connectivity index (χ1v) is 17.7. The number of hydrogen-bond acceptors (Lipinski definition) is 15. The molecule has 16 nitrogen and oxygen atoms in total. The number of benzene rings is 1. The molecule has 2 atom stereocenters. The number of aromatic nitrogens is 5. The van der Waals surface area contributed by atoms with Crippen molar-refractivity contribution in [1.82, 2.24) is 40.3 Å².